The molecule has 0 aromatic heterocycles. The maximum absolute atomic E-state index is 8.89. The Kier molecular flexibility index (Phi) is 4.97. The van der Waals surface area contributed by atoms with Crippen molar-refractivity contribution >= 4 is 0 Å². The summed E-state index contributed by atoms with van der Waals surface area (Å²) in [6.45, 7) is 6.31. The van der Waals surface area contributed by atoms with Crippen LogP contribution in [0.25, 0.3) is 11.1 Å². The molecule has 0 atom stereocenters. The minimum Gasteiger partial charge on any atom is -0.491 e. The Hall–Kier alpha value is -2.06. The van der Waals surface area contributed by atoms with Gasteiger partial charge in [0.2, 0.25) is 0 Å². The van der Waals surface area contributed by atoms with Gasteiger partial charge in [0.1, 0.15) is 12.4 Å². The molecule has 0 spiro atoms. The maximum Gasteiger partial charge on any atom is 0.122 e. The second kappa shape index (κ2) is 6.92. The summed E-state index contributed by atoms with van der Waals surface area (Å²) in [5.74, 6) is 0.821. The summed E-state index contributed by atoms with van der Waals surface area (Å²) in [7, 11) is 0. The third-order valence-corrected chi connectivity index (χ3v) is 3.01. The van der Waals surface area contributed by atoms with Gasteiger partial charge in [-0.1, -0.05) is 48.6 Å². The molecule has 0 bridgehead atoms. The van der Waals surface area contributed by atoms with Gasteiger partial charge < -0.3 is 9.84 Å². The van der Waals surface area contributed by atoms with Gasteiger partial charge in [0.05, 0.1) is 6.61 Å². The zero-order valence-electron chi connectivity index (χ0n) is 11.8. The number of ether oxygens (including phenoxy) is 1. The van der Waals surface area contributed by atoms with Gasteiger partial charge in [-0.2, -0.15) is 0 Å². The fourth-order valence-corrected chi connectivity index (χ4v) is 2.15. The Labute approximate surface area is 120 Å². The van der Waals surface area contributed by atoms with E-state index < -0.39 is 0 Å². The molecule has 2 heteroatoms. The lowest BCUT2D eigenvalue weighted by atomic mass is 9.99. The van der Waals surface area contributed by atoms with Crippen molar-refractivity contribution in [3.63, 3.8) is 0 Å². The lowest BCUT2D eigenvalue weighted by Crippen LogP contribution is -2.04. The van der Waals surface area contributed by atoms with E-state index in [9.17, 15) is 0 Å². The first kappa shape index (κ1) is 14.4. The van der Waals surface area contributed by atoms with Crippen molar-refractivity contribution in [1.82, 2.24) is 0 Å². The van der Waals surface area contributed by atoms with Gasteiger partial charge >= 0.3 is 0 Å². The standard InChI is InChI=1S/C18H20O2/c1-14(2)12-17-13-16(15-6-4-3-5-7-15)8-9-18(17)20-11-10-19/h3-9,13,19H,1,10-12H2,2H3. The molecule has 0 unspecified atom stereocenters. The second-order valence-electron chi connectivity index (χ2n) is 4.89. The van der Waals surface area contributed by atoms with Crippen molar-refractivity contribution in [2.45, 2.75) is 13.3 Å². The number of hydrogen-bond donors (Lipinski definition) is 1. The van der Waals surface area contributed by atoms with Gasteiger partial charge in [0.15, 0.2) is 0 Å². The summed E-state index contributed by atoms with van der Waals surface area (Å²) >= 11 is 0. The highest BCUT2D eigenvalue weighted by Crippen LogP contribution is 2.28. The van der Waals surface area contributed by atoms with Crippen LogP contribution in [0.5, 0.6) is 5.75 Å². The molecule has 2 aromatic rings. The monoisotopic (exact) mass is 268 g/mol. The number of allylic oxidation sites excluding steroid dienone is 1. The van der Waals surface area contributed by atoms with Crippen LogP contribution in [0.3, 0.4) is 0 Å². The molecule has 0 saturated carbocycles. The van der Waals surface area contributed by atoms with Crippen molar-refractivity contribution in [2.75, 3.05) is 13.2 Å². The molecule has 0 fully saturated rings. The highest BCUT2D eigenvalue weighted by atomic mass is 16.5. The molecular formula is C18H20O2. The van der Waals surface area contributed by atoms with E-state index in [1.165, 1.54) is 5.56 Å². The lowest BCUT2D eigenvalue weighted by molar-refractivity contribution is 0.200. The van der Waals surface area contributed by atoms with E-state index in [-0.39, 0.29) is 6.61 Å². The molecule has 2 aromatic carbocycles. The van der Waals surface area contributed by atoms with Crippen molar-refractivity contribution in [1.29, 1.82) is 0 Å². The van der Waals surface area contributed by atoms with Crippen LogP contribution < -0.4 is 4.74 Å². The molecule has 2 nitrogen and oxygen atoms in total. The number of hydrogen-bond acceptors (Lipinski definition) is 2. The average molecular weight is 268 g/mol. The fourth-order valence-electron chi connectivity index (χ4n) is 2.15. The molecule has 0 aliphatic heterocycles. The van der Waals surface area contributed by atoms with E-state index in [0.717, 1.165) is 28.9 Å². The van der Waals surface area contributed by atoms with Gasteiger partial charge in [0, 0.05) is 0 Å². The van der Waals surface area contributed by atoms with Crippen molar-refractivity contribution in [3.8, 4) is 16.9 Å². The summed E-state index contributed by atoms with van der Waals surface area (Å²) in [5, 5.41) is 8.89. The first-order chi connectivity index (χ1) is 9.70. The third kappa shape index (κ3) is 3.72. The van der Waals surface area contributed by atoms with Crippen molar-refractivity contribution in [2.24, 2.45) is 0 Å². The van der Waals surface area contributed by atoms with E-state index in [1.807, 2.05) is 37.3 Å². The van der Waals surface area contributed by atoms with Gasteiger partial charge in [-0.05, 0) is 42.2 Å². The molecule has 0 saturated heterocycles. The molecule has 104 valence electrons. The van der Waals surface area contributed by atoms with Crippen molar-refractivity contribution < 1.29 is 9.84 Å². The Morgan fingerprint density at radius 2 is 1.85 bits per heavy atom. The predicted molar refractivity (Wildman–Crippen MR) is 83.0 cm³/mol. The van der Waals surface area contributed by atoms with E-state index in [2.05, 4.69) is 24.8 Å². The van der Waals surface area contributed by atoms with Gasteiger partial charge in [0.25, 0.3) is 0 Å². The van der Waals surface area contributed by atoms with Gasteiger partial charge in [-0.15, -0.1) is 0 Å². The first-order valence-corrected chi connectivity index (χ1v) is 6.77. The highest BCUT2D eigenvalue weighted by Gasteiger charge is 2.07. The van der Waals surface area contributed by atoms with Gasteiger partial charge in [-0.3, -0.25) is 0 Å². The molecule has 0 aliphatic rings. The number of aliphatic hydroxyl groups is 1. The van der Waals surface area contributed by atoms with Crippen LogP contribution in [0.2, 0.25) is 0 Å². The number of rotatable bonds is 6. The number of benzene rings is 2. The fraction of sp³-hybridized carbons (Fsp3) is 0.222. The topological polar surface area (TPSA) is 29.5 Å². The molecule has 0 amide bonds. The first-order valence-electron chi connectivity index (χ1n) is 6.77. The summed E-state index contributed by atoms with van der Waals surface area (Å²) in [6.07, 6.45) is 0.779. The van der Waals surface area contributed by atoms with Crippen LogP contribution in [0, 0.1) is 0 Å². The van der Waals surface area contributed by atoms with Crippen LogP contribution in [-0.4, -0.2) is 18.3 Å². The lowest BCUT2D eigenvalue weighted by Gasteiger charge is -2.13. The minimum atomic E-state index is 0.0208. The Balaban J connectivity index is 2.35. The van der Waals surface area contributed by atoms with Crippen LogP contribution in [0.15, 0.2) is 60.7 Å². The number of aliphatic hydroxyl groups excluding tert-OH is 1. The van der Waals surface area contributed by atoms with E-state index in [0.29, 0.717) is 6.61 Å². The van der Waals surface area contributed by atoms with Crippen LogP contribution in [0.4, 0.5) is 0 Å². The molecule has 2 rings (SSSR count). The van der Waals surface area contributed by atoms with E-state index in [4.69, 9.17) is 9.84 Å². The Morgan fingerprint density at radius 3 is 2.50 bits per heavy atom. The van der Waals surface area contributed by atoms with E-state index >= 15 is 0 Å². The molecule has 0 aliphatic carbocycles. The Bertz CT molecular complexity index is 573. The zero-order valence-corrected chi connectivity index (χ0v) is 11.8. The second-order valence-corrected chi connectivity index (χ2v) is 4.89. The van der Waals surface area contributed by atoms with Crippen LogP contribution in [0.1, 0.15) is 12.5 Å². The summed E-state index contributed by atoms with van der Waals surface area (Å²) in [6, 6.07) is 16.4. The highest BCUT2D eigenvalue weighted by molar-refractivity contribution is 5.65. The smallest absolute Gasteiger partial charge is 0.122 e. The van der Waals surface area contributed by atoms with Crippen LogP contribution >= 0.6 is 0 Å². The van der Waals surface area contributed by atoms with E-state index in [1.54, 1.807) is 0 Å². The molecule has 0 heterocycles. The normalized spacial score (nSPS) is 10.3. The molecule has 20 heavy (non-hydrogen) atoms. The maximum atomic E-state index is 8.89. The van der Waals surface area contributed by atoms with Crippen molar-refractivity contribution in [3.05, 3.63) is 66.2 Å². The molecule has 1 N–H and O–H groups in total. The summed E-state index contributed by atoms with van der Waals surface area (Å²) < 4.78 is 5.59. The largest absolute Gasteiger partial charge is 0.491 e. The SMILES string of the molecule is C=C(C)Cc1cc(-c2ccccc2)ccc1OCCO. The molecule has 0 radical (unpaired) electrons. The third-order valence-electron chi connectivity index (χ3n) is 3.01. The van der Waals surface area contributed by atoms with Crippen LogP contribution in [-0.2, 0) is 6.42 Å². The predicted octanol–water partition coefficient (Wildman–Crippen LogP) is 3.84. The summed E-state index contributed by atoms with van der Waals surface area (Å²) in [5.41, 5.74) is 4.54. The zero-order chi connectivity index (χ0) is 14.4. The Morgan fingerprint density at radius 1 is 1.10 bits per heavy atom. The van der Waals surface area contributed by atoms with Gasteiger partial charge in [-0.25, -0.2) is 0 Å². The summed E-state index contributed by atoms with van der Waals surface area (Å²) in [4.78, 5) is 0. The average Bonchev–Trinajstić information content (AvgIpc) is 2.46. The quantitative estimate of drug-likeness (QED) is 0.806. The minimum absolute atomic E-state index is 0.0208. The molecular weight excluding hydrogens is 248 g/mol.